The number of rotatable bonds is 8. The first-order valence-corrected chi connectivity index (χ1v) is 10.2. The van der Waals surface area contributed by atoms with Gasteiger partial charge in [-0.25, -0.2) is 4.79 Å². The predicted molar refractivity (Wildman–Crippen MR) is 115 cm³/mol. The normalized spacial score (nSPS) is 14.1. The number of likely N-dealkylation sites (tertiary alicyclic amines) is 1. The molecule has 2 aromatic carbocycles. The topological polar surface area (TPSA) is 91.1 Å². The second-order valence-electron chi connectivity index (χ2n) is 8.47. The van der Waals surface area contributed by atoms with Gasteiger partial charge in [0, 0.05) is 12.1 Å². The van der Waals surface area contributed by atoms with E-state index in [4.69, 9.17) is 14.2 Å². The summed E-state index contributed by atoms with van der Waals surface area (Å²) in [4.78, 5) is 23.8. The van der Waals surface area contributed by atoms with Gasteiger partial charge in [0.05, 0.1) is 30.7 Å². The van der Waals surface area contributed by atoms with Gasteiger partial charge >= 0.3 is 6.09 Å². The smallest absolute Gasteiger partial charge is 0.410 e. The molecule has 0 N–H and O–H groups in total. The van der Waals surface area contributed by atoms with Crippen LogP contribution >= 0.6 is 0 Å². The van der Waals surface area contributed by atoms with Crippen molar-refractivity contribution in [1.29, 1.82) is 0 Å². The number of nitro benzene ring substituents is 1. The van der Waals surface area contributed by atoms with Crippen molar-refractivity contribution in [1.82, 2.24) is 4.90 Å². The lowest BCUT2D eigenvalue weighted by Crippen LogP contribution is -2.56. The second-order valence-corrected chi connectivity index (χ2v) is 8.47. The molecular formula is C23H28N2O6. The average molecular weight is 428 g/mol. The van der Waals surface area contributed by atoms with E-state index >= 15 is 0 Å². The largest absolute Gasteiger partial charge is 0.491 e. The molecule has 0 aromatic heterocycles. The summed E-state index contributed by atoms with van der Waals surface area (Å²) < 4.78 is 16.7. The van der Waals surface area contributed by atoms with Crippen LogP contribution in [0.5, 0.6) is 5.75 Å². The second kappa shape index (κ2) is 9.78. The highest BCUT2D eigenvalue weighted by Crippen LogP contribution is 2.19. The van der Waals surface area contributed by atoms with Crippen LogP contribution in [0.2, 0.25) is 0 Å². The van der Waals surface area contributed by atoms with Gasteiger partial charge in [-0.15, -0.1) is 0 Å². The molecule has 0 radical (unpaired) electrons. The Bertz CT molecular complexity index is 884. The summed E-state index contributed by atoms with van der Waals surface area (Å²) in [6, 6.07) is 14.3. The van der Waals surface area contributed by atoms with Crippen LogP contribution in [0.3, 0.4) is 0 Å². The van der Waals surface area contributed by atoms with Crippen molar-refractivity contribution in [2.45, 2.75) is 38.9 Å². The van der Waals surface area contributed by atoms with E-state index in [-0.39, 0.29) is 17.9 Å². The molecule has 31 heavy (non-hydrogen) atoms. The number of amides is 1. The molecule has 1 aliphatic rings. The Morgan fingerprint density at radius 2 is 1.61 bits per heavy atom. The third kappa shape index (κ3) is 6.96. The van der Waals surface area contributed by atoms with Crippen LogP contribution in [0.25, 0.3) is 0 Å². The van der Waals surface area contributed by atoms with Gasteiger partial charge in [-0.3, -0.25) is 10.1 Å². The average Bonchev–Trinajstić information content (AvgIpc) is 2.66. The van der Waals surface area contributed by atoms with E-state index in [0.29, 0.717) is 32.7 Å². The highest BCUT2D eigenvalue weighted by molar-refractivity contribution is 5.69. The number of non-ortho nitro benzene ring substituents is 1. The standard InChI is InChI=1S/C23H28N2O6/c1-23(2,3)31-22(26)24-15-21(16-24)30-13-12-29-20-10-6-18(7-11-20)14-17-4-8-19(9-5-17)25(27)28/h4-11,21H,12-16H2,1-3H3. The van der Waals surface area contributed by atoms with Gasteiger partial charge in [0.2, 0.25) is 0 Å². The summed E-state index contributed by atoms with van der Waals surface area (Å²) in [5.74, 6) is 0.750. The fraction of sp³-hybridized carbons (Fsp3) is 0.435. The zero-order chi connectivity index (χ0) is 22.4. The van der Waals surface area contributed by atoms with E-state index < -0.39 is 10.5 Å². The maximum absolute atomic E-state index is 11.9. The molecule has 8 heteroatoms. The van der Waals surface area contributed by atoms with Crippen LogP contribution in [0.1, 0.15) is 31.9 Å². The van der Waals surface area contributed by atoms with Crippen molar-refractivity contribution < 1.29 is 23.9 Å². The molecule has 166 valence electrons. The molecule has 1 fully saturated rings. The molecule has 3 rings (SSSR count). The van der Waals surface area contributed by atoms with Gasteiger partial charge in [-0.05, 0) is 50.5 Å². The molecule has 0 aliphatic carbocycles. The molecule has 1 amide bonds. The van der Waals surface area contributed by atoms with Crippen LogP contribution in [0.4, 0.5) is 10.5 Å². The highest BCUT2D eigenvalue weighted by Gasteiger charge is 2.34. The van der Waals surface area contributed by atoms with E-state index in [9.17, 15) is 14.9 Å². The first-order chi connectivity index (χ1) is 14.7. The number of nitrogens with zero attached hydrogens (tertiary/aromatic N) is 2. The van der Waals surface area contributed by atoms with Gasteiger partial charge in [-0.1, -0.05) is 24.3 Å². The number of hydrogen-bond donors (Lipinski definition) is 0. The van der Waals surface area contributed by atoms with Gasteiger partial charge in [0.15, 0.2) is 0 Å². The Hall–Kier alpha value is -3.13. The lowest BCUT2D eigenvalue weighted by molar-refractivity contribution is -0.384. The van der Waals surface area contributed by atoms with Gasteiger partial charge in [0.1, 0.15) is 18.0 Å². The van der Waals surface area contributed by atoms with Crippen LogP contribution in [-0.2, 0) is 15.9 Å². The van der Waals surface area contributed by atoms with Crippen LogP contribution in [-0.4, -0.2) is 53.9 Å². The Kier molecular flexibility index (Phi) is 7.12. The van der Waals surface area contributed by atoms with Gasteiger partial charge in [0.25, 0.3) is 5.69 Å². The van der Waals surface area contributed by atoms with Gasteiger partial charge in [-0.2, -0.15) is 0 Å². The number of ether oxygens (including phenoxy) is 3. The summed E-state index contributed by atoms with van der Waals surface area (Å²) in [5, 5.41) is 10.7. The summed E-state index contributed by atoms with van der Waals surface area (Å²) >= 11 is 0. The highest BCUT2D eigenvalue weighted by atomic mass is 16.6. The minimum Gasteiger partial charge on any atom is -0.491 e. The van der Waals surface area contributed by atoms with Crippen LogP contribution < -0.4 is 4.74 Å². The van der Waals surface area contributed by atoms with E-state index in [0.717, 1.165) is 16.9 Å². The Morgan fingerprint density at radius 3 is 2.16 bits per heavy atom. The molecule has 0 atom stereocenters. The molecule has 0 spiro atoms. The summed E-state index contributed by atoms with van der Waals surface area (Å²) in [6.07, 6.45) is 0.398. The lowest BCUT2D eigenvalue weighted by Gasteiger charge is -2.39. The Balaban J connectivity index is 1.33. The van der Waals surface area contributed by atoms with Crippen molar-refractivity contribution in [3.05, 3.63) is 69.8 Å². The zero-order valence-electron chi connectivity index (χ0n) is 18.1. The van der Waals surface area contributed by atoms with E-state index in [1.54, 1.807) is 17.0 Å². The molecule has 2 aromatic rings. The maximum atomic E-state index is 11.9. The molecule has 0 unspecified atom stereocenters. The van der Waals surface area contributed by atoms with E-state index in [1.807, 2.05) is 45.0 Å². The fourth-order valence-electron chi connectivity index (χ4n) is 3.07. The molecule has 8 nitrogen and oxygen atoms in total. The third-order valence-corrected chi connectivity index (χ3v) is 4.68. The van der Waals surface area contributed by atoms with E-state index in [1.165, 1.54) is 12.1 Å². The monoisotopic (exact) mass is 428 g/mol. The number of hydrogen-bond acceptors (Lipinski definition) is 6. The predicted octanol–water partition coefficient (Wildman–Crippen LogP) is 4.20. The molecule has 1 saturated heterocycles. The van der Waals surface area contributed by atoms with Crippen molar-refractivity contribution >= 4 is 11.8 Å². The molecule has 1 aliphatic heterocycles. The minimum absolute atomic E-state index is 0.0141. The fourth-order valence-corrected chi connectivity index (χ4v) is 3.07. The minimum atomic E-state index is -0.492. The molecule has 1 heterocycles. The number of carbonyl (C=O) groups excluding carboxylic acids is 1. The quantitative estimate of drug-likeness (QED) is 0.356. The molecule has 0 saturated carbocycles. The Labute approximate surface area is 181 Å². The zero-order valence-corrected chi connectivity index (χ0v) is 18.1. The first-order valence-electron chi connectivity index (χ1n) is 10.2. The Morgan fingerprint density at radius 1 is 1.03 bits per heavy atom. The van der Waals surface area contributed by atoms with E-state index in [2.05, 4.69) is 0 Å². The van der Waals surface area contributed by atoms with Crippen molar-refractivity contribution in [3.63, 3.8) is 0 Å². The van der Waals surface area contributed by atoms with Crippen molar-refractivity contribution in [2.75, 3.05) is 26.3 Å². The number of carbonyl (C=O) groups is 1. The summed E-state index contributed by atoms with van der Waals surface area (Å²) in [6.45, 7) is 7.47. The van der Waals surface area contributed by atoms with Crippen molar-refractivity contribution in [2.24, 2.45) is 0 Å². The van der Waals surface area contributed by atoms with Gasteiger partial charge < -0.3 is 19.1 Å². The molecule has 0 bridgehead atoms. The SMILES string of the molecule is CC(C)(C)OC(=O)N1CC(OCCOc2ccc(Cc3ccc([N+](=O)[O-])cc3)cc2)C1. The third-order valence-electron chi connectivity index (χ3n) is 4.68. The van der Waals surface area contributed by atoms with Crippen LogP contribution in [0.15, 0.2) is 48.5 Å². The molecular weight excluding hydrogens is 400 g/mol. The number of benzene rings is 2. The van der Waals surface area contributed by atoms with Crippen LogP contribution in [0, 0.1) is 10.1 Å². The first kappa shape index (κ1) is 22.6. The summed E-state index contributed by atoms with van der Waals surface area (Å²) in [5.41, 5.74) is 1.70. The van der Waals surface area contributed by atoms with Crippen molar-refractivity contribution in [3.8, 4) is 5.75 Å². The number of nitro groups is 1. The maximum Gasteiger partial charge on any atom is 0.410 e. The summed E-state index contributed by atoms with van der Waals surface area (Å²) in [7, 11) is 0. The lowest BCUT2D eigenvalue weighted by atomic mass is 10.0.